The second-order valence-electron chi connectivity index (χ2n) is 4.80. The summed E-state index contributed by atoms with van der Waals surface area (Å²) < 4.78 is 4.98. The van der Waals surface area contributed by atoms with E-state index in [-0.39, 0.29) is 24.0 Å². The van der Waals surface area contributed by atoms with Crippen molar-refractivity contribution in [2.75, 3.05) is 5.32 Å². The van der Waals surface area contributed by atoms with Gasteiger partial charge in [-0.15, -0.1) is 24.0 Å². The maximum absolute atomic E-state index is 5.88. The van der Waals surface area contributed by atoms with Gasteiger partial charge in [0.1, 0.15) is 0 Å². The van der Waals surface area contributed by atoms with Crippen LogP contribution in [0.3, 0.4) is 0 Å². The molecule has 0 fully saturated rings. The Morgan fingerprint density at radius 3 is 2.90 bits per heavy atom. The molecule has 1 aromatic heterocycles. The standard InChI is InChI=1S/C15H17N3O.HI/c16-15(17-9-11-6-7-19-10-11)18-14-5-4-12-2-1-3-13(12)8-14;/h4-8,10H,1-3,9H2,(H3,16,17,18);1H. The van der Waals surface area contributed by atoms with Crippen LogP contribution in [-0.4, -0.2) is 5.96 Å². The molecule has 4 nitrogen and oxygen atoms in total. The molecule has 1 heterocycles. The van der Waals surface area contributed by atoms with Crippen molar-refractivity contribution in [2.24, 2.45) is 10.7 Å². The van der Waals surface area contributed by atoms with Crippen molar-refractivity contribution >= 4 is 35.6 Å². The number of hydrogen-bond acceptors (Lipinski definition) is 2. The summed E-state index contributed by atoms with van der Waals surface area (Å²) in [5.74, 6) is 0.430. The van der Waals surface area contributed by atoms with Crippen LogP contribution >= 0.6 is 24.0 Å². The van der Waals surface area contributed by atoms with Crippen molar-refractivity contribution in [3.8, 4) is 0 Å². The predicted octanol–water partition coefficient (Wildman–Crippen LogP) is 3.31. The highest BCUT2D eigenvalue weighted by atomic mass is 127. The van der Waals surface area contributed by atoms with Crippen LogP contribution in [0, 0.1) is 0 Å². The molecule has 20 heavy (non-hydrogen) atoms. The molecule has 1 aromatic carbocycles. The fourth-order valence-corrected chi connectivity index (χ4v) is 2.40. The molecule has 0 amide bonds. The van der Waals surface area contributed by atoms with Gasteiger partial charge in [-0.3, -0.25) is 0 Å². The first-order valence-electron chi connectivity index (χ1n) is 6.51. The fraction of sp³-hybridized carbons (Fsp3) is 0.267. The summed E-state index contributed by atoms with van der Waals surface area (Å²) in [4.78, 5) is 4.28. The lowest BCUT2D eigenvalue weighted by Crippen LogP contribution is -2.22. The van der Waals surface area contributed by atoms with E-state index in [4.69, 9.17) is 10.2 Å². The lowest BCUT2D eigenvalue weighted by molar-refractivity contribution is 0.564. The monoisotopic (exact) mass is 383 g/mol. The Hall–Kier alpha value is -1.50. The predicted molar refractivity (Wildman–Crippen MR) is 91.5 cm³/mol. The summed E-state index contributed by atoms with van der Waals surface area (Å²) in [5, 5.41) is 3.13. The van der Waals surface area contributed by atoms with E-state index in [9.17, 15) is 0 Å². The molecule has 0 atom stereocenters. The molecular weight excluding hydrogens is 365 g/mol. The van der Waals surface area contributed by atoms with Crippen LogP contribution < -0.4 is 11.1 Å². The summed E-state index contributed by atoms with van der Waals surface area (Å²) in [6, 6.07) is 8.28. The SMILES string of the molecule is I.NC(=NCc1ccoc1)Nc1ccc2c(c1)CCC2. The Bertz CT molecular complexity index is 593. The molecule has 1 aliphatic rings. The summed E-state index contributed by atoms with van der Waals surface area (Å²) in [6.45, 7) is 0.528. The number of nitrogens with two attached hydrogens (primary N) is 1. The smallest absolute Gasteiger partial charge is 0.193 e. The average Bonchev–Trinajstić information content (AvgIpc) is 3.07. The van der Waals surface area contributed by atoms with Crippen LogP contribution in [0.1, 0.15) is 23.1 Å². The van der Waals surface area contributed by atoms with Gasteiger partial charge in [-0.2, -0.15) is 0 Å². The molecule has 0 bridgehead atoms. The Balaban J connectivity index is 0.00000147. The van der Waals surface area contributed by atoms with E-state index in [0.717, 1.165) is 17.7 Å². The number of anilines is 1. The van der Waals surface area contributed by atoms with Gasteiger partial charge in [0, 0.05) is 11.3 Å². The third kappa shape index (κ3) is 3.53. The molecule has 0 unspecified atom stereocenters. The normalized spacial score (nSPS) is 13.7. The summed E-state index contributed by atoms with van der Waals surface area (Å²) in [6.07, 6.45) is 6.92. The third-order valence-electron chi connectivity index (χ3n) is 3.38. The second kappa shape index (κ2) is 6.78. The van der Waals surface area contributed by atoms with Crippen molar-refractivity contribution in [3.63, 3.8) is 0 Å². The van der Waals surface area contributed by atoms with Crippen LogP contribution in [-0.2, 0) is 19.4 Å². The van der Waals surface area contributed by atoms with Gasteiger partial charge in [0.05, 0.1) is 19.1 Å². The van der Waals surface area contributed by atoms with Crippen LogP contribution in [0.25, 0.3) is 0 Å². The van der Waals surface area contributed by atoms with E-state index in [1.165, 1.54) is 24.0 Å². The van der Waals surface area contributed by atoms with Crippen molar-refractivity contribution in [3.05, 3.63) is 53.5 Å². The molecule has 3 rings (SSSR count). The maximum atomic E-state index is 5.88. The number of aliphatic imine (C=N–C) groups is 1. The highest BCUT2D eigenvalue weighted by Crippen LogP contribution is 2.24. The van der Waals surface area contributed by atoms with Gasteiger partial charge in [-0.25, -0.2) is 4.99 Å². The highest BCUT2D eigenvalue weighted by Gasteiger charge is 2.10. The lowest BCUT2D eigenvalue weighted by Gasteiger charge is -2.07. The number of aryl methyl sites for hydroxylation is 2. The van der Waals surface area contributed by atoms with Crippen molar-refractivity contribution < 1.29 is 4.42 Å². The number of hydrogen-bond donors (Lipinski definition) is 2. The van der Waals surface area contributed by atoms with Gasteiger partial charge < -0.3 is 15.5 Å². The number of rotatable bonds is 3. The first kappa shape index (κ1) is 14.9. The zero-order valence-corrected chi connectivity index (χ0v) is 13.5. The summed E-state index contributed by atoms with van der Waals surface area (Å²) in [7, 11) is 0. The second-order valence-corrected chi connectivity index (χ2v) is 4.80. The van der Waals surface area contributed by atoms with E-state index in [1.54, 1.807) is 12.5 Å². The van der Waals surface area contributed by atoms with Gasteiger partial charge in [-0.1, -0.05) is 6.07 Å². The van der Waals surface area contributed by atoms with Gasteiger partial charge in [0.15, 0.2) is 5.96 Å². The molecule has 0 spiro atoms. The molecule has 0 saturated heterocycles. The molecule has 2 aromatic rings. The van der Waals surface area contributed by atoms with Crippen molar-refractivity contribution in [1.29, 1.82) is 0 Å². The molecule has 3 N–H and O–H groups in total. The zero-order chi connectivity index (χ0) is 13.1. The quantitative estimate of drug-likeness (QED) is 0.486. The Morgan fingerprint density at radius 2 is 2.10 bits per heavy atom. The van der Waals surface area contributed by atoms with Crippen LogP contribution in [0.5, 0.6) is 0 Å². The first-order valence-corrected chi connectivity index (χ1v) is 6.51. The average molecular weight is 383 g/mol. The van der Waals surface area contributed by atoms with Crippen molar-refractivity contribution in [2.45, 2.75) is 25.8 Å². The minimum Gasteiger partial charge on any atom is -0.472 e. The number of benzene rings is 1. The number of furan rings is 1. The van der Waals surface area contributed by atoms with Crippen LogP contribution in [0.4, 0.5) is 5.69 Å². The van der Waals surface area contributed by atoms with Gasteiger partial charge >= 0.3 is 0 Å². The zero-order valence-electron chi connectivity index (χ0n) is 11.1. The number of fused-ring (bicyclic) bond motifs is 1. The van der Waals surface area contributed by atoms with E-state index < -0.39 is 0 Å². The molecule has 1 aliphatic carbocycles. The van der Waals surface area contributed by atoms with E-state index >= 15 is 0 Å². The molecular formula is C15H18IN3O. The van der Waals surface area contributed by atoms with Gasteiger partial charge in [-0.05, 0) is 48.6 Å². The highest BCUT2D eigenvalue weighted by molar-refractivity contribution is 14.0. The van der Waals surface area contributed by atoms with Gasteiger partial charge in [0.25, 0.3) is 0 Å². The number of guanidine groups is 1. The van der Waals surface area contributed by atoms with Crippen molar-refractivity contribution in [1.82, 2.24) is 0 Å². The first-order chi connectivity index (χ1) is 9.31. The van der Waals surface area contributed by atoms with Gasteiger partial charge in [0.2, 0.25) is 0 Å². The largest absolute Gasteiger partial charge is 0.472 e. The minimum atomic E-state index is 0. The topological polar surface area (TPSA) is 63.5 Å². The third-order valence-corrected chi connectivity index (χ3v) is 3.38. The molecule has 0 saturated carbocycles. The number of nitrogens with one attached hydrogen (secondary N) is 1. The van der Waals surface area contributed by atoms with Crippen LogP contribution in [0.15, 0.2) is 46.2 Å². The number of nitrogens with zero attached hydrogens (tertiary/aromatic N) is 1. The van der Waals surface area contributed by atoms with Crippen LogP contribution in [0.2, 0.25) is 0 Å². The minimum absolute atomic E-state index is 0. The van der Waals surface area contributed by atoms with E-state index in [0.29, 0.717) is 12.5 Å². The summed E-state index contributed by atoms with van der Waals surface area (Å²) >= 11 is 0. The summed E-state index contributed by atoms with van der Waals surface area (Å²) in [5.41, 5.74) is 10.8. The Labute approximate surface area is 135 Å². The molecule has 5 heteroatoms. The number of halogens is 1. The molecule has 106 valence electrons. The lowest BCUT2D eigenvalue weighted by atomic mass is 10.1. The Morgan fingerprint density at radius 1 is 1.25 bits per heavy atom. The van der Waals surface area contributed by atoms with E-state index in [1.807, 2.05) is 6.07 Å². The molecule has 0 aliphatic heterocycles. The Kier molecular flexibility index (Phi) is 5.05. The molecule has 0 radical (unpaired) electrons. The fourth-order valence-electron chi connectivity index (χ4n) is 2.40. The maximum Gasteiger partial charge on any atom is 0.193 e. The van der Waals surface area contributed by atoms with E-state index in [2.05, 4.69) is 28.5 Å².